The summed E-state index contributed by atoms with van der Waals surface area (Å²) in [5.41, 5.74) is 0.659. The van der Waals surface area contributed by atoms with Gasteiger partial charge in [-0.05, 0) is 31.2 Å². The number of amides is 2. The summed E-state index contributed by atoms with van der Waals surface area (Å²) in [7, 11) is 1.58. The normalized spacial score (nSPS) is 10.1. The third-order valence-corrected chi connectivity index (χ3v) is 3.80. The molecule has 9 nitrogen and oxygen atoms in total. The highest BCUT2D eigenvalue weighted by Crippen LogP contribution is 2.17. The molecule has 3 rings (SSSR count). The second-order valence-electron chi connectivity index (χ2n) is 6.07. The van der Waals surface area contributed by atoms with E-state index in [1.165, 1.54) is 0 Å². The van der Waals surface area contributed by atoms with Gasteiger partial charge in [-0.2, -0.15) is 0 Å². The number of ether oxygens (including phenoxy) is 1. The summed E-state index contributed by atoms with van der Waals surface area (Å²) in [6.07, 6.45) is 1.71. The van der Waals surface area contributed by atoms with Gasteiger partial charge in [-0.25, -0.2) is 19.7 Å². The molecule has 9 heteroatoms. The molecule has 0 aliphatic heterocycles. The Morgan fingerprint density at radius 3 is 2.66 bits per heavy atom. The lowest BCUT2D eigenvalue weighted by Crippen LogP contribution is -2.32. The summed E-state index contributed by atoms with van der Waals surface area (Å²) in [5, 5.41) is 11.9. The number of aryl methyl sites for hydroxylation is 1. The van der Waals surface area contributed by atoms with Gasteiger partial charge in [-0.3, -0.25) is 0 Å². The van der Waals surface area contributed by atoms with E-state index in [1.54, 1.807) is 31.5 Å². The van der Waals surface area contributed by atoms with E-state index >= 15 is 0 Å². The van der Waals surface area contributed by atoms with Gasteiger partial charge in [0.2, 0.25) is 0 Å². The molecule has 0 saturated carbocycles. The van der Waals surface area contributed by atoms with Gasteiger partial charge in [-0.1, -0.05) is 12.1 Å². The number of urea groups is 1. The number of benzene rings is 1. The van der Waals surface area contributed by atoms with Crippen LogP contribution >= 0.6 is 0 Å². The molecular weight excluding hydrogens is 370 g/mol. The van der Waals surface area contributed by atoms with Crippen LogP contribution in [-0.4, -0.2) is 41.2 Å². The van der Waals surface area contributed by atoms with E-state index in [-0.39, 0.29) is 6.03 Å². The number of pyridine rings is 1. The molecule has 0 atom stereocenters. The molecule has 2 aromatic heterocycles. The lowest BCUT2D eigenvalue weighted by molar-refractivity contribution is 0.252. The molecule has 0 radical (unpaired) electrons. The maximum Gasteiger partial charge on any atom is 0.319 e. The van der Waals surface area contributed by atoms with Crippen LogP contribution in [0.15, 0.2) is 54.7 Å². The van der Waals surface area contributed by atoms with Crippen LogP contribution in [0.5, 0.6) is 5.75 Å². The van der Waals surface area contributed by atoms with Crippen LogP contribution < -0.4 is 26.0 Å². The molecule has 0 bridgehead atoms. The van der Waals surface area contributed by atoms with Crippen molar-refractivity contribution in [2.75, 3.05) is 36.1 Å². The first-order chi connectivity index (χ1) is 14.1. The second-order valence-corrected chi connectivity index (χ2v) is 6.07. The highest BCUT2D eigenvalue weighted by molar-refractivity contribution is 5.89. The van der Waals surface area contributed by atoms with Gasteiger partial charge >= 0.3 is 6.03 Å². The van der Waals surface area contributed by atoms with E-state index in [0.29, 0.717) is 47.8 Å². The summed E-state index contributed by atoms with van der Waals surface area (Å²) in [6, 6.07) is 14.3. The van der Waals surface area contributed by atoms with Gasteiger partial charge in [0.1, 0.15) is 29.0 Å². The van der Waals surface area contributed by atoms with Crippen LogP contribution in [0.3, 0.4) is 0 Å². The number of aromatic nitrogens is 3. The Labute approximate surface area is 169 Å². The van der Waals surface area contributed by atoms with E-state index in [9.17, 15) is 4.79 Å². The minimum atomic E-state index is -0.295. The molecule has 0 aliphatic carbocycles. The van der Waals surface area contributed by atoms with Gasteiger partial charge in [0.25, 0.3) is 0 Å². The van der Waals surface area contributed by atoms with E-state index in [0.717, 1.165) is 0 Å². The van der Waals surface area contributed by atoms with Crippen molar-refractivity contribution >= 4 is 29.2 Å². The summed E-state index contributed by atoms with van der Waals surface area (Å²) >= 11 is 0. The molecule has 0 saturated heterocycles. The van der Waals surface area contributed by atoms with E-state index in [4.69, 9.17) is 4.74 Å². The average molecular weight is 393 g/mol. The van der Waals surface area contributed by atoms with Crippen molar-refractivity contribution in [3.05, 3.63) is 60.6 Å². The van der Waals surface area contributed by atoms with Crippen LogP contribution in [0.25, 0.3) is 0 Å². The molecule has 0 fully saturated rings. The first kappa shape index (κ1) is 19.9. The van der Waals surface area contributed by atoms with Gasteiger partial charge in [0.05, 0.1) is 7.11 Å². The van der Waals surface area contributed by atoms with Crippen molar-refractivity contribution in [1.29, 1.82) is 0 Å². The quantitative estimate of drug-likeness (QED) is 0.435. The minimum Gasteiger partial charge on any atom is -0.497 e. The fourth-order valence-electron chi connectivity index (χ4n) is 2.53. The zero-order chi connectivity index (χ0) is 20.5. The smallest absolute Gasteiger partial charge is 0.319 e. The number of anilines is 4. The second kappa shape index (κ2) is 9.88. The van der Waals surface area contributed by atoms with E-state index in [1.807, 2.05) is 37.3 Å². The maximum absolute atomic E-state index is 12.0. The van der Waals surface area contributed by atoms with Crippen LogP contribution in [0.1, 0.15) is 5.82 Å². The average Bonchev–Trinajstić information content (AvgIpc) is 2.72. The van der Waals surface area contributed by atoms with E-state index < -0.39 is 0 Å². The summed E-state index contributed by atoms with van der Waals surface area (Å²) in [4.78, 5) is 24.9. The van der Waals surface area contributed by atoms with Gasteiger partial charge in [0.15, 0.2) is 0 Å². The molecule has 0 spiro atoms. The van der Waals surface area contributed by atoms with Crippen molar-refractivity contribution < 1.29 is 9.53 Å². The Morgan fingerprint density at radius 1 is 1.00 bits per heavy atom. The predicted molar refractivity (Wildman–Crippen MR) is 113 cm³/mol. The highest BCUT2D eigenvalue weighted by Gasteiger charge is 2.05. The number of carbonyl (C=O) groups is 1. The third-order valence-electron chi connectivity index (χ3n) is 3.80. The zero-order valence-corrected chi connectivity index (χ0v) is 16.3. The number of nitrogens with zero attached hydrogens (tertiary/aromatic N) is 3. The number of rotatable bonds is 8. The molecule has 1 aromatic carbocycles. The van der Waals surface area contributed by atoms with Crippen molar-refractivity contribution in [3.63, 3.8) is 0 Å². The van der Waals surface area contributed by atoms with Crippen LogP contribution in [0, 0.1) is 6.92 Å². The standard InChI is InChI=1S/C20H23N7O2/c1-14-24-18(13-19(25-14)27-17-8-3-4-9-21-17)22-10-11-23-20(28)26-15-6-5-7-16(12-15)29-2/h3-9,12-13H,10-11H2,1-2H3,(H2,23,26,28)(H2,21,22,24,25,27). The molecule has 29 heavy (non-hydrogen) atoms. The predicted octanol–water partition coefficient (Wildman–Crippen LogP) is 3.17. The number of hydrogen-bond donors (Lipinski definition) is 4. The Bertz CT molecular complexity index is 951. The minimum absolute atomic E-state index is 0.295. The first-order valence-electron chi connectivity index (χ1n) is 9.09. The Hall–Kier alpha value is -3.88. The first-order valence-corrected chi connectivity index (χ1v) is 9.09. The number of nitrogens with one attached hydrogen (secondary N) is 4. The molecule has 150 valence electrons. The molecular formula is C20H23N7O2. The SMILES string of the molecule is COc1cccc(NC(=O)NCCNc2cc(Nc3ccccn3)nc(C)n2)c1. The number of hydrogen-bond acceptors (Lipinski definition) is 7. The van der Waals surface area contributed by atoms with Crippen LogP contribution in [0.4, 0.5) is 27.9 Å². The fraction of sp³-hybridized carbons (Fsp3) is 0.200. The number of carbonyl (C=O) groups excluding carboxylic acids is 1. The monoisotopic (exact) mass is 393 g/mol. The molecule has 4 N–H and O–H groups in total. The maximum atomic E-state index is 12.0. The molecule has 0 unspecified atom stereocenters. The van der Waals surface area contributed by atoms with Gasteiger partial charge in [-0.15, -0.1) is 0 Å². The van der Waals surface area contributed by atoms with Crippen LogP contribution in [0.2, 0.25) is 0 Å². The van der Waals surface area contributed by atoms with Crippen LogP contribution in [-0.2, 0) is 0 Å². The summed E-state index contributed by atoms with van der Waals surface area (Å²) in [5.74, 6) is 3.30. The van der Waals surface area contributed by atoms with Gasteiger partial charge in [0, 0.05) is 37.1 Å². The molecule has 3 aromatic rings. The largest absolute Gasteiger partial charge is 0.497 e. The topological polar surface area (TPSA) is 113 Å². The lowest BCUT2D eigenvalue weighted by Gasteiger charge is -2.11. The Balaban J connectivity index is 1.46. The Kier molecular flexibility index (Phi) is 6.77. The zero-order valence-electron chi connectivity index (χ0n) is 16.3. The highest BCUT2D eigenvalue weighted by atomic mass is 16.5. The summed E-state index contributed by atoms with van der Waals surface area (Å²) in [6.45, 7) is 2.74. The third kappa shape index (κ3) is 6.35. The fourth-order valence-corrected chi connectivity index (χ4v) is 2.53. The van der Waals surface area contributed by atoms with Gasteiger partial charge < -0.3 is 26.0 Å². The lowest BCUT2D eigenvalue weighted by atomic mass is 10.3. The summed E-state index contributed by atoms with van der Waals surface area (Å²) < 4.78 is 5.14. The number of methoxy groups -OCH3 is 1. The van der Waals surface area contributed by atoms with Crippen molar-refractivity contribution in [2.24, 2.45) is 0 Å². The van der Waals surface area contributed by atoms with Crippen molar-refractivity contribution in [2.45, 2.75) is 6.92 Å². The van der Waals surface area contributed by atoms with E-state index in [2.05, 4.69) is 36.2 Å². The van der Waals surface area contributed by atoms with Crippen molar-refractivity contribution in [1.82, 2.24) is 20.3 Å². The molecule has 2 heterocycles. The molecule has 0 aliphatic rings. The van der Waals surface area contributed by atoms with Crippen molar-refractivity contribution in [3.8, 4) is 5.75 Å². The molecule has 2 amide bonds. The Morgan fingerprint density at radius 2 is 1.86 bits per heavy atom.